The molecule has 1 rings (SSSR count). The maximum Gasteiger partial charge on any atom is 0.125 e. The molecule has 1 aromatic carbocycles. The highest BCUT2D eigenvalue weighted by atomic mass is 32.1. The first kappa shape index (κ1) is 13.4. The van der Waals surface area contributed by atoms with Crippen molar-refractivity contribution in [3.05, 3.63) is 29.8 Å². The Morgan fingerprint density at radius 3 is 2.44 bits per heavy atom. The lowest BCUT2D eigenvalue weighted by atomic mass is 10.0. The number of para-hydroxylation sites is 1. The van der Waals surface area contributed by atoms with Crippen molar-refractivity contribution in [1.82, 2.24) is 0 Å². The van der Waals surface area contributed by atoms with Crippen LogP contribution in [-0.2, 0) is 0 Å². The maximum atomic E-state index is 9.90. The first-order valence-electron chi connectivity index (χ1n) is 5.28. The second kappa shape index (κ2) is 6.13. The summed E-state index contributed by atoms with van der Waals surface area (Å²) >= 11 is 3.96. The van der Waals surface area contributed by atoms with E-state index < -0.39 is 12.2 Å². The number of aliphatic hydroxyl groups excluding tert-OH is 2. The summed E-state index contributed by atoms with van der Waals surface area (Å²) in [6, 6.07) is 7.16. The molecule has 0 saturated carbocycles. The first-order chi connectivity index (χ1) is 7.56. The van der Waals surface area contributed by atoms with Crippen LogP contribution in [0.5, 0.6) is 5.75 Å². The summed E-state index contributed by atoms with van der Waals surface area (Å²) in [5, 5.41) is 19.5. The number of rotatable bonds is 5. The molecule has 0 aliphatic carbocycles. The summed E-state index contributed by atoms with van der Waals surface area (Å²) in [5.74, 6) is 0.808. The lowest BCUT2D eigenvalue weighted by molar-refractivity contribution is 0.0312. The Balaban J connectivity index is 2.93. The number of ether oxygens (including phenoxy) is 1. The van der Waals surface area contributed by atoms with Crippen molar-refractivity contribution in [3.8, 4) is 5.75 Å². The number of aliphatic hydroxyl groups is 2. The standard InChI is InChI=1S/C12H18O3S/c1-8(2)15-11-6-4-3-5-9(11)12(14)10(13)7-16/h3-6,8,10,12-14,16H,7H2,1-2H3. The van der Waals surface area contributed by atoms with Gasteiger partial charge in [-0.25, -0.2) is 0 Å². The fourth-order valence-electron chi connectivity index (χ4n) is 1.39. The van der Waals surface area contributed by atoms with Gasteiger partial charge in [0.15, 0.2) is 0 Å². The Labute approximate surface area is 101 Å². The summed E-state index contributed by atoms with van der Waals surface area (Å²) in [6.45, 7) is 3.83. The lowest BCUT2D eigenvalue weighted by Gasteiger charge is -2.20. The molecule has 90 valence electrons. The van der Waals surface area contributed by atoms with Gasteiger partial charge in [-0.15, -0.1) is 0 Å². The van der Waals surface area contributed by atoms with E-state index in [2.05, 4.69) is 12.6 Å². The van der Waals surface area contributed by atoms with E-state index in [-0.39, 0.29) is 11.9 Å². The monoisotopic (exact) mass is 242 g/mol. The largest absolute Gasteiger partial charge is 0.491 e. The molecule has 0 fully saturated rings. The van der Waals surface area contributed by atoms with Crippen molar-refractivity contribution in [2.45, 2.75) is 32.2 Å². The summed E-state index contributed by atoms with van der Waals surface area (Å²) in [5.41, 5.74) is 0.595. The molecule has 2 unspecified atom stereocenters. The quantitative estimate of drug-likeness (QED) is 0.690. The van der Waals surface area contributed by atoms with Crippen LogP contribution in [0, 0.1) is 0 Å². The van der Waals surface area contributed by atoms with Gasteiger partial charge >= 0.3 is 0 Å². The highest BCUT2D eigenvalue weighted by molar-refractivity contribution is 7.80. The molecule has 0 bridgehead atoms. The Hall–Kier alpha value is -0.710. The van der Waals surface area contributed by atoms with Gasteiger partial charge in [-0.1, -0.05) is 18.2 Å². The summed E-state index contributed by atoms with van der Waals surface area (Å²) in [7, 11) is 0. The van der Waals surface area contributed by atoms with E-state index in [1.807, 2.05) is 19.9 Å². The van der Waals surface area contributed by atoms with Gasteiger partial charge in [-0.05, 0) is 19.9 Å². The van der Waals surface area contributed by atoms with E-state index in [1.54, 1.807) is 18.2 Å². The molecule has 2 atom stereocenters. The van der Waals surface area contributed by atoms with Gasteiger partial charge in [0.2, 0.25) is 0 Å². The minimum atomic E-state index is -0.965. The van der Waals surface area contributed by atoms with Gasteiger partial charge in [0.05, 0.1) is 12.2 Å². The molecule has 2 N–H and O–H groups in total. The molecule has 4 heteroatoms. The van der Waals surface area contributed by atoms with E-state index in [4.69, 9.17) is 4.74 Å². The van der Waals surface area contributed by atoms with Crippen molar-refractivity contribution in [1.29, 1.82) is 0 Å². The van der Waals surface area contributed by atoms with E-state index >= 15 is 0 Å². The van der Waals surface area contributed by atoms with Gasteiger partial charge < -0.3 is 14.9 Å². The third-order valence-corrected chi connectivity index (χ3v) is 2.53. The molecule has 0 saturated heterocycles. The number of hydrogen-bond donors (Lipinski definition) is 3. The Morgan fingerprint density at radius 1 is 1.25 bits per heavy atom. The van der Waals surface area contributed by atoms with Crippen LogP contribution in [0.1, 0.15) is 25.5 Å². The summed E-state index contributed by atoms with van der Waals surface area (Å²) in [4.78, 5) is 0. The van der Waals surface area contributed by atoms with Crippen LogP contribution < -0.4 is 4.74 Å². The predicted octanol–water partition coefficient (Wildman–Crippen LogP) is 1.80. The summed E-state index contributed by atoms with van der Waals surface area (Å²) in [6.07, 6.45) is -1.82. The zero-order valence-corrected chi connectivity index (χ0v) is 10.4. The number of thiol groups is 1. The minimum Gasteiger partial charge on any atom is -0.491 e. The molecule has 0 amide bonds. The number of hydrogen-bond acceptors (Lipinski definition) is 4. The zero-order valence-electron chi connectivity index (χ0n) is 9.50. The SMILES string of the molecule is CC(C)Oc1ccccc1C(O)C(O)CS. The Kier molecular flexibility index (Phi) is 5.12. The topological polar surface area (TPSA) is 49.7 Å². The van der Waals surface area contributed by atoms with Crippen LogP contribution in [0.4, 0.5) is 0 Å². The smallest absolute Gasteiger partial charge is 0.125 e. The lowest BCUT2D eigenvalue weighted by Crippen LogP contribution is -2.21. The van der Waals surface area contributed by atoms with E-state index in [9.17, 15) is 10.2 Å². The van der Waals surface area contributed by atoms with Gasteiger partial charge in [-0.2, -0.15) is 12.6 Å². The molecule has 0 aromatic heterocycles. The molecule has 0 spiro atoms. The van der Waals surface area contributed by atoms with Crippen LogP contribution in [0.2, 0.25) is 0 Å². The van der Waals surface area contributed by atoms with Crippen molar-refractivity contribution in [2.75, 3.05) is 5.75 Å². The van der Waals surface area contributed by atoms with Crippen molar-refractivity contribution in [2.24, 2.45) is 0 Å². The Morgan fingerprint density at radius 2 is 1.88 bits per heavy atom. The molecule has 0 aliphatic rings. The molecule has 0 aliphatic heterocycles. The van der Waals surface area contributed by atoms with E-state index in [0.29, 0.717) is 11.3 Å². The first-order valence-corrected chi connectivity index (χ1v) is 5.92. The van der Waals surface area contributed by atoms with Crippen LogP contribution in [0.3, 0.4) is 0 Å². The zero-order chi connectivity index (χ0) is 12.1. The average Bonchev–Trinajstić information content (AvgIpc) is 2.27. The van der Waals surface area contributed by atoms with Crippen molar-refractivity contribution < 1.29 is 14.9 Å². The third kappa shape index (κ3) is 3.40. The van der Waals surface area contributed by atoms with Crippen LogP contribution in [0.15, 0.2) is 24.3 Å². The highest BCUT2D eigenvalue weighted by Crippen LogP contribution is 2.28. The molecular weight excluding hydrogens is 224 g/mol. The van der Waals surface area contributed by atoms with E-state index in [0.717, 1.165) is 0 Å². The maximum absolute atomic E-state index is 9.90. The molecule has 3 nitrogen and oxygen atoms in total. The normalized spacial score (nSPS) is 14.9. The minimum absolute atomic E-state index is 0.0292. The molecule has 0 radical (unpaired) electrons. The van der Waals surface area contributed by atoms with Crippen molar-refractivity contribution in [3.63, 3.8) is 0 Å². The summed E-state index contributed by atoms with van der Waals surface area (Å²) < 4.78 is 5.57. The average molecular weight is 242 g/mol. The van der Waals surface area contributed by atoms with Crippen molar-refractivity contribution >= 4 is 12.6 Å². The second-order valence-corrected chi connectivity index (χ2v) is 4.26. The second-order valence-electron chi connectivity index (χ2n) is 3.90. The van der Waals surface area contributed by atoms with Gasteiger partial charge in [0, 0.05) is 11.3 Å². The fraction of sp³-hybridized carbons (Fsp3) is 0.500. The van der Waals surface area contributed by atoms with Gasteiger partial charge in [-0.3, -0.25) is 0 Å². The van der Waals surface area contributed by atoms with Gasteiger partial charge in [0.25, 0.3) is 0 Å². The molecule has 1 aromatic rings. The highest BCUT2D eigenvalue weighted by Gasteiger charge is 2.20. The molecule has 0 heterocycles. The fourth-order valence-corrected chi connectivity index (χ4v) is 1.59. The third-order valence-electron chi connectivity index (χ3n) is 2.15. The van der Waals surface area contributed by atoms with E-state index in [1.165, 1.54) is 0 Å². The van der Waals surface area contributed by atoms with Crippen LogP contribution in [-0.4, -0.2) is 28.2 Å². The molecular formula is C12H18O3S. The van der Waals surface area contributed by atoms with Crippen LogP contribution >= 0.6 is 12.6 Å². The predicted molar refractivity (Wildman–Crippen MR) is 67.0 cm³/mol. The molecule has 16 heavy (non-hydrogen) atoms. The van der Waals surface area contributed by atoms with Crippen LogP contribution in [0.25, 0.3) is 0 Å². The number of benzene rings is 1. The Bertz CT molecular complexity index is 328. The van der Waals surface area contributed by atoms with Gasteiger partial charge in [0.1, 0.15) is 11.9 Å².